The lowest BCUT2D eigenvalue weighted by Crippen LogP contribution is -2.38. The van der Waals surface area contributed by atoms with Gasteiger partial charge < -0.3 is 9.47 Å². The molecule has 3 aromatic rings. The van der Waals surface area contributed by atoms with E-state index in [9.17, 15) is 10.1 Å². The van der Waals surface area contributed by atoms with Gasteiger partial charge in [0.15, 0.2) is 17.3 Å². The molecule has 36 heavy (non-hydrogen) atoms. The van der Waals surface area contributed by atoms with Gasteiger partial charge in [-0.05, 0) is 85.6 Å². The van der Waals surface area contributed by atoms with Crippen LogP contribution >= 0.6 is 0 Å². The van der Waals surface area contributed by atoms with Crippen LogP contribution in [0, 0.1) is 23.2 Å². The third-order valence-electron chi connectivity index (χ3n) is 7.81. The summed E-state index contributed by atoms with van der Waals surface area (Å²) in [6, 6.07) is 24.8. The van der Waals surface area contributed by atoms with Gasteiger partial charge in [0.2, 0.25) is 0 Å². The molecule has 0 amide bonds. The first-order chi connectivity index (χ1) is 17.6. The summed E-state index contributed by atoms with van der Waals surface area (Å²) in [5, 5.41) is 9.21. The number of methoxy groups -OCH3 is 2. The summed E-state index contributed by atoms with van der Waals surface area (Å²) < 4.78 is 10.9. The van der Waals surface area contributed by atoms with Gasteiger partial charge in [-0.25, -0.2) is 0 Å². The van der Waals surface area contributed by atoms with E-state index in [2.05, 4.69) is 47.4 Å². The molecule has 5 nitrogen and oxygen atoms in total. The van der Waals surface area contributed by atoms with Crippen molar-refractivity contribution in [1.29, 1.82) is 5.26 Å². The highest BCUT2D eigenvalue weighted by Crippen LogP contribution is 2.40. The molecule has 1 heterocycles. The maximum atomic E-state index is 13.2. The molecule has 184 valence electrons. The van der Waals surface area contributed by atoms with Crippen LogP contribution in [0.2, 0.25) is 0 Å². The molecule has 2 aliphatic rings. The predicted molar refractivity (Wildman–Crippen MR) is 139 cm³/mol. The summed E-state index contributed by atoms with van der Waals surface area (Å²) in [6.07, 6.45) is 3.87. The number of Topliss-reactive ketones (excluding diaryl/α,β-unsaturated/α-hetero) is 1. The van der Waals surface area contributed by atoms with Crippen LogP contribution in [-0.2, 0) is 6.42 Å². The van der Waals surface area contributed by atoms with Crippen molar-refractivity contribution in [2.75, 3.05) is 27.3 Å². The number of nitrogens with zero attached hydrogens (tertiary/aromatic N) is 2. The van der Waals surface area contributed by atoms with Gasteiger partial charge in [-0.1, -0.05) is 42.5 Å². The van der Waals surface area contributed by atoms with Crippen LogP contribution in [0.5, 0.6) is 11.5 Å². The van der Waals surface area contributed by atoms with Gasteiger partial charge in [0, 0.05) is 11.5 Å². The Labute approximate surface area is 213 Å². The Hall–Kier alpha value is -3.62. The zero-order valence-electron chi connectivity index (χ0n) is 20.9. The van der Waals surface area contributed by atoms with Crippen LogP contribution in [0.1, 0.15) is 57.9 Å². The number of benzene rings is 3. The monoisotopic (exact) mass is 480 g/mol. The van der Waals surface area contributed by atoms with Crippen molar-refractivity contribution in [3.05, 3.63) is 94.5 Å². The average Bonchev–Trinajstić information content (AvgIpc) is 3.23. The molecule has 2 atom stereocenters. The van der Waals surface area contributed by atoms with Crippen molar-refractivity contribution in [2.24, 2.45) is 11.8 Å². The number of rotatable bonds is 7. The Morgan fingerprint density at radius 2 is 1.58 bits per heavy atom. The minimum atomic E-state index is 0.0387. The molecule has 0 saturated carbocycles. The van der Waals surface area contributed by atoms with Gasteiger partial charge in [0.05, 0.1) is 31.9 Å². The summed E-state index contributed by atoms with van der Waals surface area (Å²) in [4.78, 5) is 15.8. The lowest BCUT2D eigenvalue weighted by atomic mass is 9.84. The van der Waals surface area contributed by atoms with Crippen LogP contribution in [-0.4, -0.2) is 38.0 Å². The second-order valence-electron chi connectivity index (χ2n) is 9.89. The van der Waals surface area contributed by atoms with Crippen molar-refractivity contribution in [3.8, 4) is 17.6 Å². The van der Waals surface area contributed by atoms with Gasteiger partial charge in [0.1, 0.15) is 0 Å². The fourth-order valence-electron chi connectivity index (χ4n) is 5.93. The minimum Gasteiger partial charge on any atom is -0.493 e. The van der Waals surface area contributed by atoms with Crippen LogP contribution in [0.4, 0.5) is 0 Å². The Kier molecular flexibility index (Phi) is 7.06. The lowest BCUT2D eigenvalue weighted by molar-refractivity contribution is 0.0886. The SMILES string of the molecule is COc1cc2c(cc1OC)C(=O)C(CC1CCN(C(c3ccccc3)c3ccc(C#N)cc3)CC1)C2. The summed E-state index contributed by atoms with van der Waals surface area (Å²) in [5.41, 5.74) is 5.03. The maximum Gasteiger partial charge on any atom is 0.166 e. The Balaban J connectivity index is 1.27. The molecule has 1 fully saturated rings. The van der Waals surface area contributed by atoms with Gasteiger partial charge in [-0.2, -0.15) is 5.26 Å². The van der Waals surface area contributed by atoms with E-state index in [1.807, 2.05) is 30.3 Å². The van der Waals surface area contributed by atoms with Crippen LogP contribution in [0.15, 0.2) is 66.7 Å². The summed E-state index contributed by atoms with van der Waals surface area (Å²) in [5.74, 6) is 2.12. The number of nitriles is 1. The van der Waals surface area contributed by atoms with E-state index in [1.165, 1.54) is 11.1 Å². The molecule has 0 N–H and O–H groups in total. The summed E-state index contributed by atoms with van der Waals surface area (Å²) >= 11 is 0. The molecule has 2 unspecified atom stereocenters. The molecule has 1 aliphatic heterocycles. The second kappa shape index (κ2) is 10.6. The molecular formula is C31H32N2O3. The van der Waals surface area contributed by atoms with E-state index >= 15 is 0 Å². The number of hydrogen-bond acceptors (Lipinski definition) is 5. The third-order valence-corrected chi connectivity index (χ3v) is 7.81. The van der Waals surface area contributed by atoms with E-state index in [-0.39, 0.29) is 17.7 Å². The van der Waals surface area contributed by atoms with Gasteiger partial charge in [0.25, 0.3) is 0 Å². The number of piperidine rings is 1. The summed E-state index contributed by atoms with van der Waals surface area (Å²) in [7, 11) is 3.24. The third kappa shape index (κ3) is 4.74. The van der Waals surface area contributed by atoms with Crippen molar-refractivity contribution in [3.63, 3.8) is 0 Å². The standard InChI is InChI=1S/C31H32N2O3/c1-35-28-18-25-17-26(31(34)27(25)19-29(28)36-2)16-21-12-14-33(15-13-21)30(23-6-4-3-5-7-23)24-10-8-22(20-32)9-11-24/h3-11,18-19,21,26,30H,12-17H2,1-2H3. The first-order valence-electron chi connectivity index (χ1n) is 12.7. The largest absolute Gasteiger partial charge is 0.493 e. The molecule has 3 aromatic carbocycles. The van der Waals surface area contributed by atoms with Crippen molar-refractivity contribution < 1.29 is 14.3 Å². The fraction of sp³-hybridized carbons (Fsp3) is 0.355. The second-order valence-corrected chi connectivity index (χ2v) is 9.89. The number of ether oxygens (including phenoxy) is 2. The lowest BCUT2D eigenvalue weighted by Gasteiger charge is -2.38. The molecule has 0 aromatic heterocycles. The number of hydrogen-bond donors (Lipinski definition) is 0. The highest BCUT2D eigenvalue weighted by molar-refractivity contribution is 6.02. The Morgan fingerprint density at radius 3 is 2.22 bits per heavy atom. The molecule has 0 radical (unpaired) electrons. The normalized spacial score (nSPS) is 18.9. The maximum absolute atomic E-state index is 13.2. The quantitative estimate of drug-likeness (QED) is 0.426. The van der Waals surface area contributed by atoms with E-state index in [4.69, 9.17) is 9.47 Å². The number of fused-ring (bicyclic) bond motifs is 1. The Morgan fingerprint density at radius 1 is 0.944 bits per heavy atom. The molecule has 1 aliphatic carbocycles. The molecular weight excluding hydrogens is 448 g/mol. The highest BCUT2D eigenvalue weighted by atomic mass is 16.5. The molecule has 5 heteroatoms. The van der Waals surface area contributed by atoms with Crippen molar-refractivity contribution in [2.45, 2.75) is 31.7 Å². The molecule has 5 rings (SSSR count). The van der Waals surface area contributed by atoms with E-state index in [0.717, 1.165) is 49.9 Å². The highest BCUT2D eigenvalue weighted by Gasteiger charge is 2.35. The topological polar surface area (TPSA) is 62.6 Å². The number of carbonyl (C=O) groups is 1. The van der Waals surface area contributed by atoms with Gasteiger partial charge >= 0.3 is 0 Å². The summed E-state index contributed by atoms with van der Waals surface area (Å²) in [6.45, 7) is 1.97. The molecule has 0 bridgehead atoms. The van der Waals surface area contributed by atoms with Crippen molar-refractivity contribution >= 4 is 5.78 Å². The van der Waals surface area contributed by atoms with Crippen LogP contribution in [0.3, 0.4) is 0 Å². The number of carbonyl (C=O) groups excluding carboxylic acids is 1. The van der Waals surface area contributed by atoms with Crippen molar-refractivity contribution in [1.82, 2.24) is 4.90 Å². The van der Waals surface area contributed by atoms with E-state index in [1.54, 1.807) is 14.2 Å². The van der Waals surface area contributed by atoms with E-state index < -0.39 is 0 Å². The van der Waals surface area contributed by atoms with Gasteiger partial charge in [-0.3, -0.25) is 9.69 Å². The first kappa shape index (κ1) is 24.1. The smallest absolute Gasteiger partial charge is 0.166 e. The van der Waals surface area contributed by atoms with Crippen LogP contribution < -0.4 is 9.47 Å². The number of ketones is 1. The fourth-order valence-corrected chi connectivity index (χ4v) is 5.93. The van der Waals surface area contributed by atoms with E-state index in [0.29, 0.717) is 23.0 Å². The predicted octanol–water partition coefficient (Wildman–Crippen LogP) is 5.82. The Bertz CT molecular complexity index is 1260. The first-order valence-corrected chi connectivity index (χ1v) is 12.7. The number of likely N-dealkylation sites (tertiary alicyclic amines) is 1. The minimum absolute atomic E-state index is 0.0387. The molecule has 1 saturated heterocycles. The molecule has 0 spiro atoms. The average molecular weight is 481 g/mol. The zero-order chi connectivity index (χ0) is 25.1. The van der Waals surface area contributed by atoms with Gasteiger partial charge in [-0.15, -0.1) is 0 Å². The zero-order valence-corrected chi connectivity index (χ0v) is 20.9. The van der Waals surface area contributed by atoms with Crippen LogP contribution in [0.25, 0.3) is 0 Å².